The van der Waals surface area contributed by atoms with E-state index in [1.54, 1.807) is 19.1 Å². The molecule has 1 N–H and O–H groups in total. The third-order valence-electron chi connectivity index (χ3n) is 3.72. The van der Waals surface area contributed by atoms with Gasteiger partial charge in [-0.15, -0.1) is 0 Å². The summed E-state index contributed by atoms with van der Waals surface area (Å²) in [7, 11) is -3.00. The van der Waals surface area contributed by atoms with Gasteiger partial charge in [0.2, 0.25) is 5.91 Å². The standard InChI is InChI=1S/C17H16ClF3N2O3S/c1-11-3-6-13(7-4-11)27(25,26)23(10-16(24)22-2)12-5-8-15(18)14(9-12)17(19,20)21/h3-9H,10H2,1-2H3,(H,22,24). The van der Waals surface area contributed by atoms with E-state index in [-0.39, 0.29) is 10.6 Å². The lowest BCUT2D eigenvalue weighted by molar-refractivity contribution is -0.137. The number of anilines is 1. The van der Waals surface area contributed by atoms with Gasteiger partial charge in [0.05, 0.1) is 21.2 Å². The summed E-state index contributed by atoms with van der Waals surface area (Å²) in [5.41, 5.74) is -0.712. The number of aryl methyl sites for hydroxylation is 1. The van der Waals surface area contributed by atoms with Gasteiger partial charge < -0.3 is 5.32 Å². The number of nitrogens with zero attached hydrogens (tertiary/aromatic N) is 1. The molecule has 0 unspecified atom stereocenters. The molecule has 2 rings (SSSR count). The molecule has 0 saturated carbocycles. The van der Waals surface area contributed by atoms with Crippen LogP contribution >= 0.6 is 11.6 Å². The highest BCUT2D eigenvalue weighted by molar-refractivity contribution is 7.92. The molecule has 0 fully saturated rings. The van der Waals surface area contributed by atoms with Gasteiger partial charge in [-0.25, -0.2) is 8.42 Å². The van der Waals surface area contributed by atoms with Crippen LogP contribution in [0.1, 0.15) is 11.1 Å². The second-order valence-electron chi connectivity index (χ2n) is 5.66. The van der Waals surface area contributed by atoms with Gasteiger partial charge >= 0.3 is 6.18 Å². The van der Waals surface area contributed by atoms with E-state index >= 15 is 0 Å². The first-order valence-electron chi connectivity index (χ1n) is 7.63. The predicted molar refractivity (Wildman–Crippen MR) is 96.2 cm³/mol. The number of carbonyl (C=O) groups excluding carboxylic acids is 1. The van der Waals surface area contributed by atoms with Gasteiger partial charge in [-0.2, -0.15) is 13.2 Å². The van der Waals surface area contributed by atoms with Crippen molar-refractivity contribution in [2.75, 3.05) is 17.9 Å². The third-order valence-corrected chi connectivity index (χ3v) is 5.84. The highest BCUT2D eigenvalue weighted by Crippen LogP contribution is 2.37. The molecule has 0 radical (unpaired) electrons. The van der Waals surface area contributed by atoms with Gasteiger partial charge in [-0.05, 0) is 37.3 Å². The van der Waals surface area contributed by atoms with Gasteiger partial charge in [0, 0.05) is 7.05 Å². The minimum absolute atomic E-state index is 0.152. The Morgan fingerprint density at radius 2 is 1.74 bits per heavy atom. The van der Waals surface area contributed by atoms with Crippen LogP contribution in [-0.4, -0.2) is 27.9 Å². The normalized spacial score (nSPS) is 11.9. The average Bonchev–Trinajstić information content (AvgIpc) is 2.59. The van der Waals surface area contributed by atoms with Gasteiger partial charge in [0.25, 0.3) is 10.0 Å². The lowest BCUT2D eigenvalue weighted by atomic mass is 10.2. The van der Waals surface area contributed by atoms with Crippen LogP contribution in [-0.2, 0) is 21.0 Å². The van der Waals surface area contributed by atoms with Crippen LogP contribution < -0.4 is 9.62 Å². The topological polar surface area (TPSA) is 66.5 Å². The number of likely N-dealkylation sites (N-methyl/N-ethyl adjacent to an activating group) is 1. The van der Waals surface area contributed by atoms with Crippen LogP contribution in [0.2, 0.25) is 5.02 Å². The predicted octanol–water partition coefficient (Wildman–Crippen LogP) is 3.61. The van der Waals surface area contributed by atoms with Crippen molar-refractivity contribution in [3.8, 4) is 0 Å². The van der Waals surface area contributed by atoms with Crippen molar-refractivity contribution in [2.24, 2.45) is 0 Å². The molecule has 0 atom stereocenters. The van der Waals surface area contributed by atoms with E-state index in [1.807, 2.05) is 0 Å². The summed E-state index contributed by atoms with van der Waals surface area (Å²) in [6.45, 7) is 1.07. The maximum absolute atomic E-state index is 13.2. The van der Waals surface area contributed by atoms with E-state index in [4.69, 9.17) is 11.6 Å². The van der Waals surface area contributed by atoms with Crippen LogP contribution in [0.4, 0.5) is 18.9 Å². The number of hydrogen-bond acceptors (Lipinski definition) is 3. The molecule has 0 spiro atoms. The Bertz CT molecular complexity index is 945. The fraction of sp³-hybridized carbons (Fsp3) is 0.235. The summed E-state index contributed by atoms with van der Waals surface area (Å²) < 4.78 is 66.0. The number of carbonyl (C=O) groups is 1. The number of halogens is 4. The molecule has 0 aromatic heterocycles. The minimum atomic E-state index is -4.78. The molecule has 2 aromatic carbocycles. The Balaban J connectivity index is 2.62. The molecule has 0 aliphatic heterocycles. The van der Waals surface area contributed by atoms with Gasteiger partial charge in [-0.1, -0.05) is 29.3 Å². The Hall–Kier alpha value is -2.26. The van der Waals surface area contributed by atoms with E-state index in [1.165, 1.54) is 19.2 Å². The second kappa shape index (κ2) is 7.77. The van der Waals surface area contributed by atoms with E-state index in [0.717, 1.165) is 17.7 Å². The lowest BCUT2D eigenvalue weighted by Crippen LogP contribution is -2.39. The third kappa shape index (κ3) is 4.72. The van der Waals surface area contributed by atoms with Gasteiger partial charge in [0.1, 0.15) is 6.54 Å². The number of amides is 1. The first-order valence-corrected chi connectivity index (χ1v) is 9.45. The van der Waals surface area contributed by atoms with Crippen molar-refractivity contribution in [3.05, 3.63) is 58.6 Å². The molecular weight excluding hydrogens is 405 g/mol. The van der Waals surface area contributed by atoms with Gasteiger partial charge in [0.15, 0.2) is 0 Å². The van der Waals surface area contributed by atoms with E-state index in [0.29, 0.717) is 10.4 Å². The number of rotatable bonds is 5. The fourth-order valence-corrected chi connectivity index (χ4v) is 3.89. The van der Waals surface area contributed by atoms with Crippen molar-refractivity contribution in [2.45, 2.75) is 18.0 Å². The maximum Gasteiger partial charge on any atom is 0.417 e. The van der Waals surface area contributed by atoms with Gasteiger partial charge in [-0.3, -0.25) is 9.10 Å². The van der Waals surface area contributed by atoms with E-state index in [2.05, 4.69) is 5.32 Å². The molecule has 0 aliphatic rings. The fourth-order valence-electron chi connectivity index (χ4n) is 2.25. The summed E-state index contributed by atoms with van der Waals surface area (Å²) in [5, 5.41) is 1.69. The van der Waals surface area contributed by atoms with Crippen molar-refractivity contribution >= 4 is 33.2 Å². The molecule has 27 heavy (non-hydrogen) atoms. The number of sulfonamides is 1. The second-order valence-corrected chi connectivity index (χ2v) is 7.93. The van der Waals surface area contributed by atoms with Crippen molar-refractivity contribution in [1.82, 2.24) is 5.32 Å². The Morgan fingerprint density at radius 1 is 1.15 bits per heavy atom. The molecule has 1 amide bonds. The number of nitrogens with one attached hydrogen (secondary N) is 1. The first kappa shape index (κ1) is 21.0. The molecule has 2 aromatic rings. The number of hydrogen-bond donors (Lipinski definition) is 1. The average molecular weight is 421 g/mol. The largest absolute Gasteiger partial charge is 0.417 e. The zero-order chi connectivity index (χ0) is 20.4. The van der Waals surface area contributed by atoms with Crippen molar-refractivity contribution < 1.29 is 26.4 Å². The van der Waals surface area contributed by atoms with Crippen molar-refractivity contribution in [3.63, 3.8) is 0 Å². The molecule has 0 bridgehead atoms. The lowest BCUT2D eigenvalue weighted by Gasteiger charge is -2.25. The summed E-state index contributed by atoms with van der Waals surface area (Å²) >= 11 is 5.60. The van der Waals surface area contributed by atoms with Crippen LogP contribution in [0.15, 0.2) is 47.4 Å². The van der Waals surface area contributed by atoms with E-state index in [9.17, 15) is 26.4 Å². The number of benzene rings is 2. The summed E-state index contributed by atoms with van der Waals surface area (Å²) in [4.78, 5) is 11.7. The number of alkyl halides is 3. The highest BCUT2D eigenvalue weighted by Gasteiger charge is 2.35. The Kier molecular flexibility index (Phi) is 6.06. The Labute approximate surface area is 159 Å². The van der Waals surface area contributed by atoms with Crippen LogP contribution in [0, 0.1) is 6.92 Å². The summed E-state index contributed by atoms with van der Waals surface area (Å²) in [6, 6.07) is 8.41. The molecule has 146 valence electrons. The molecule has 0 saturated heterocycles. The zero-order valence-corrected chi connectivity index (χ0v) is 15.9. The van der Waals surface area contributed by atoms with Crippen LogP contribution in [0.3, 0.4) is 0 Å². The highest BCUT2D eigenvalue weighted by atomic mass is 35.5. The van der Waals surface area contributed by atoms with Crippen LogP contribution in [0.25, 0.3) is 0 Å². The summed E-state index contributed by atoms with van der Waals surface area (Å²) in [5.74, 6) is -0.686. The van der Waals surface area contributed by atoms with E-state index < -0.39 is 39.2 Å². The minimum Gasteiger partial charge on any atom is -0.358 e. The van der Waals surface area contributed by atoms with Crippen LogP contribution in [0.5, 0.6) is 0 Å². The summed E-state index contributed by atoms with van der Waals surface area (Å²) in [6.07, 6.45) is -4.78. The first-order chi connectivity index (χ1) is 12.5. The molecular formula is C17H16ClF3N2O3S. The molecule has 5 nitrogen and oxygen atoms in total. The Morgan fingerprint density at radius 3 is 2.26 bits per heavy atom. The molecule has 10 heteroatoms. The van der Waals surface area contributed by atoms with Crippen molar-refractivity contribution in [1.29, 1.82) is 0 Å². The SMILES string of the molecule is CNC(=O)CN(c1ccc(Cl)c(C(F)(F)F)c1)S(=O)(=O)c1ccc(C)cc1. The smallest absolute Gasteiger partial charge is 0.358 e. The quantitative estimate of drug-likeness (QED) is 0.803. The molecule has 0 aliphatic carbocycles. The monoisotopic (exact) mass is 420 g/mol. The maximum atomic E-state index is 13.2. The molecule has 0 heterocycles. The zero-order valence-electron chi connectivity index (χ0n) is 14.3.